The fourth-order valence-corrected chi connectivity index (χ4v) is 1.49. The topological polar surface area (TPSA) is 87.5 Å². The van der Waals surface area contributed by atoms with Crippen LogP contribution in [-0.2, 0) is 11.3 Å². The molecule has 0 atom stereocenters. The Balaban J connectivity index is 2.51. The summed E-state index contributed by atoms with van der Waals surface area (Å²) in [5, 5.41) is 5.27. The van der Waals surface area contributed by atoms with Gasteiger partial charge in [-0.05, 0) is 17.7 Å². The van der Waals surface area contributed by atoms with E-state index in [-0.39, 0.29) is 18.4 Å². The van der Waals surface area contributed by atoms with Crippen molar-refractivity contribution in [1.82, 2.24) is 10.2 Å². The van der Waals surface area contributed by atoms with Gasteiger partial charge in [-0.15, -0.1) is 0 Å². The summed E-state index contributed by atoms with van der Waals surface area (Å²) in [5.74, 6) is -0.0928. The maximum Gasteiger partial charge on any atom is 0.321 e. The van der Waals surface area contributed by atoms with Gasteiger partial charge in [0.25, 0.3) is 0 Å². The van der Waals surface area contributed by atoms with Gasteiger partial charge >= 0.3 is 6.03 Å². The zero-order valence-corrected chi connectivity index (χ0v) is 11.3. The van der Waals surface area contributed by atoms with E-state index in [1.165, 1.54) is 4.90 Å². The molecule has 0 saturated carbocycles. The van der Waals surface area contributed by atoms with Crippen LogP contribution < -0.4 is 16.4 Å². The monoisotopic (exact) mass is 264 g/mol. The lowest BCUT2D eigenvalue weighted by Crippen LogP contribution is -2.34. The number of carbonyl (C=O) groups is 2. The molecular formula is C13H20N4O2. The van der Waals surface area contributed by atoms with Gasteiger partial charge in [-0.25, -0.2) is 4.79 Å². The van der Waals surface area contributed by atoms with Crippen molar-refractivity contribution >= 4 is 17.6 Å². The molecule has 0 unspecified atom stereocenters. The van der Waals surface area contributed by atoms with Crippen LogP contribution >= 0.6 is 0 Å². The molecule has 0 aromatic heterocycles. The summed E-state index contributed by atoms with van der Waals surface area (Å²) in [4.78, 5) is 24.4. The number of nitrogens with two attached hydrogens (primary N) is 1. The van der Waals surface area contributed by atoms with Crippen molar-refractivity contribution in [2.45, 2.75) is 13.0 Å². The van der Waals surface area contributed by atoms with Gasteiger partial charge in [0.05, 0.1) is 0 Å². The lowest BCUT2D eigenvalue weighted by Gasteiger charge is -2.17. The quantitative estimate of drug-likeness (QED) is 0.733. The smallest absolute Gasteiger partial charge is 0.321 e. The average Bonchev–Trinajstić information content (AvgIpc) is 2.44. The third-order valence-corrected chi connectivity index (χ3v) is 2.71. The number of nitrogens with one attached hydrogen (secondary N) is 2. The van der Waals surface area contributed by atoms with Gasteiger partial charge < -0.3 is 21.3 Å². The minimum absolute atomic E-state index is 0.0928. The highest BCUT2D eigenvalue weighted by molar-refractivity contribution is 5.89. The molecule has 1 rings (SSSR count). The fourth-order valence-electron chi connectivity index (χ4n) is 1.49. The van der Waals surface area contributed by atoms with E-state index in [0.29, 0.717) is 18.8 Å². The van der Waals surface area contributed by atoms with Crippen molar-refractivity contribution in [3.05, 3.63) is 29.8 Å². The van der Waals surface area contributed by atoms with Crippen LogP contribution in [0.2, 0.25) is 0 Å². The third kappa shape index (κ3) is 4.97. The SMILES string of the molecule is CNC(=O)CCN(C)C(=O)Nc1cccc(CN)c1. The Morgan fingerprint density at radius 3 is 2.74 bits per heavy atom. The van der Waals surface area contributed by atoms with Crippen molar-refractivity contribution in [3.63, 3.8) is 0 Å². The molecule has 3 amide bonds. The maximum absolute atomic E-state index is 11.9. The van der Waals surface area contributed by atoms with Crippen LogP contribution in [0.4, 0.5) is 10.5 Å². The molecule has 6 nitrogen and oxygen atoms in total. The van der Waals surface area contributed by atoms with Crippen LogP contribution in [0.5, 0.6) is 0 Å². The first kappa shape index (κ1) is 15.0. The molecular weight excluding hydrogens is 244 g/mol. The minimum atomic E-state index is -0.252. The average molecular weight is 264 g/mol. The number of hydrogen-bond acceptors (Lipinski definition) is 3. The highest BCUT2D eigenvalue weighted by atomic mass is 16.2. The molecule has 1 aromatic carbocycles. The molecule has 104 valence electrons. The van der Waals surface area contributed by atoms with Crippen LogP contribution in [0.1, 0.15) is 12.0 Å². The van der Waals surface area contributed by atoms with E-state index in [2.05, 4.69) is 10.6 Å². The van der Waals surface area contributed by atoms with Crippen LogP contribution in [0.15, 0.2) is 24.3 Å². The molecule has 0 bridgehead atoms. The number of hydrogen-bond donors (Lipinski definition) is 3. The maximum atomic E-state index is 11.9. The van der Waals surface area contributed by atoms with E-state index in [4.69, 9.17) is 5.73 Å². The van der Waals surface area contributed by atoms with Gasteiger partial charge in [0.1, 0.15) is 0 Å². The van der Waals surface area contributed by atoms with Gasteiger partial charge in [-0.2, -0.15) is 0 Å². The summed E-state index contributed by atoms with van der Waals surface area (Å²) in [6, 6.07) is 7.10. The van der Waals surface area contributed by atoms with Crippen molar-refractivity contribution < 1.29 is 9.59 Å². The second kappa shape index (κ2) is 7.38. The predicted octanol–water partition coefficient (Wildman–Crippen LogP) is 0.745. The molecule has 19 heavy (non-hydrogen) atoms. The summed E-state index contributed by atoms with van der Waals surface area (Å²) >= 11 is 0. The second-order valence-corrected chi connectivity index (χ2v) is 4.18. The third-order valence-electron chi connectivity index (χ3n) is 2.71. The number of benzene rings is 1. The Labute approximate surface area is 113 Å². The van der Waals surface area contributed by atoms with E-state index in [9.17, 15) is 9.59 Å². The van der Waals surface area contributed by atoms with Crippen LogP contribution in [-0.4, -0.2) is 37.5 Å². The van der Waals surface area contributed by atoms with Gasteiger partial charge in [0, 0.05) is 39.3 Å². The lowest BCUT2D eigenvalue weighted by atomic mass is 10.2. The zero-order chi connectivity index (χ0) is 14.3. The van der Waals surface area contributed by atoms with Gasteiger partial charge in [0.15, 0.2) is 0 Å². The normalized spacial score (nSPS) is 9.84. The number of anilines is 1. The number of nitrogens with zero attached hydrogens (tertiary/aromatic N) is 1. The number of urea groups is 1. The first-order valence-corrected chi connectivity index (χ1v) is 6.08. The van der Waals surface area contributed by atoms with Crippen LogP contribution in [0, 0.1) is 0 Å². The van der Waals surface area contributed by atoms with Crippen LogP contribution in [0.3, 0.4) is 0 Å². The molecule has 1 aromatic rings. The molecule has 0 fully saturated rings. The Hall–Kier alpha value is -2.08. The molecule has 0 spiro atoms. The minimum Gasteiger partial charge on any atom is -0.359 e. The van der Waals surface area contributed by atoms with Crippen molar-refractivity contribution in [3.8, 4) is 0 Å². The molecule has 0 aliphatic heterocycles. The van der Waals surface area contributed by atoms with Crippen LogP contribution in [0.25, 0.3) is 0 Å². The summed E-state index contributed by atoms with van der Waals surface area (Å²) < 4.78 is 0. The number of carbonyl (C=O) groups excluding carboxylic acids is 2. The van der Waals surface area contributed by atoms with Crippen molar-refractivity contribution in [2.75, 3.05) is 26.0 Å². The van der Waals surface area contributed by atoms with E-state index in [1.54, 1.807) is 20.2 Å². The molecule has 4 N–H and O–H groups in total. The highest BCUT2D eigenvalue weighted by Gasteiger charge is 2.10. The Morgan fingerprint density at radius 1 is 1.37 bits per heavy atom. The molecule has 0 saturated heterocycles. The Morgan fingerprint density at radius 2 is 2.11 bits per heavy atom. The lowest BCUT2D eigenvalue weighted by molar-refractivity contribution is -0.120. The Bertz CT molecular complexity index is 448. The van der Waals surface area contributed by atoms with E-state index >= 15 is 0 Å². The predicted molar refractivity (Wildman–Crippen MR) is 74.7 cm³/mol. The van der Waals surface area contributed by atoms with E-state index in [0.717, 1.165) is 5.56 Å². The van der Waals surface area contributed by atoms with Crippen molar-refractivity contribution in [2.24, 2.45) is 5.73 Å². The fraction of sp³-hybridized carbons (Fsp3) is 0.385. The van der Waals surface area contributed by atoms with Gasteiger partial charge in [0.2, 0.25) is 5.91 Å². The standard InChI is InChI=1S/C13H20N4O2/c1-15-12(18)6-7-17(2)13(19)16-11-5-3-4-10(8-11)9-14/h3-5,8H,6-7,9,14H2,1-2H3,(H,15,18)(H,16,19). The first-order valence-electron chi connectivity index (χ1n) is 6.08. The summed E-state index contributed by atoms with van der Waals surface area (Å²) in [5.41, 5.74) is 7.18. The molecule has 0 radical (unpaired) electrons. The zero-order valence-electron chi connectivity index (χ0n) is 11.3. The molecule has 0 heterocycles. The Kier molecular flexibility index (Phi) is 5.81. The van der Waals surface area contributed by atoms with E-state index in [1.807, 2.05) is 18.2 Å². The van der Waals surface area contributed by atoms with Gasteiger partial charge in [-0.1, -0.05) is 12.1 Å². The molecule has 0 aliphatic rings. The summed E-state index contributed by atoms with van der Waals surface area (Å²) in [7, 11) is 3.21. The second-order valence-electron chi connectivity index (χ2n) is 4.18. The summed E-state index contributed by atoms with van der Waals surface area (Å²) in [6.07, 6.45) is 0.281. The van der Waals surface area contributed by atoms with Gasteiger partial charge in [-0.3, -0.25) is 4.79 Å². The van der Waals surface area contributed by atoms with E-state index < -0.39 is 0 Å². The largest absolute Gasteiger partial charge is 0.359 e. The number of amides is 3. The highest BCUT2D eigenvalue weighted by Crippen LogP contribution is 2.10. The molecule has 6 heteroatoms. The first-order chi connectivity index (χ1) is 9.06. The number of rotatable bonds is 5. The van der Waals surface area contributed by atoms with Crippen molar-refractivity contribution in [1.29, 1.82) is 0 Å². The summed E-state index contributed by atoms with van der Waals surface area (Å²) in [6.45, 7) is 0.790. The molecule has 0 aliphatic carbocycles.